The molecule has 174 valence electrons. The van der Waals surface area contributed by atoms with Gasteiger partial charge in [0.1, 0.15) is 0 Å². The highest BCUT2D eigenvalue weighted by Crippen LogP contribution is 2.52. The molecule has 1 saturated carbocycles. The van der Waals surface area contributed by atoms with Gasteiger partial charge in [-0.2, -0.15) is 0 Å². The number of aliphatic hydroxyl groups is 1. The van der Waals surface area contributed by atoms with Crippen molar-refractivity contribution in [3.8, 4) is 0 Å². The third-order valence-electron chi connectivity index (χ3n) is 7.91. The van der Waals surface area contributed by atoms with Crippen LogP contribution in [0.25, 0.3) is 0 Å². The molecule has 30 heavy (non-hydrogen) atoms. The van der Waals surface area contributed by atoms with E-state index in [2.05, 4.69) is 66.7 Å². The summed E-state index contributed by atoms with van der Waals surface area (Å²) >= 11 is 0. The second-order valence-corrected chi connectivity index (χ2v) is 11.0. The largest absolute Gasteiger partial charge is 0.393 e. The van der Waals surface area contributed by atoms with Crippen molar-refractivity contribution in [1.29, 1.82) is 0 Å². The van der Waals surface area contributed by atoms with Crippen LogP contribution in [0.4, 0.5) is 0 Å². The molecule has 0 aromatic heterocycles. The highest BCUT2D eigenvalue weighted by atomic mass is 16.3. The fraction of sp³-hybridized carbons (Fsp3) is 0.793. The molecule has 1 N–H and O–H groups in total. The van der Waals surface area contributed by atoms with Gasteiger partial charge in [-0.25, -0.2) is 0 Å². The molecule has 0 aliphatic heterocycles. The molecule has 5 atom stereocenters. The van der Waals surface area contributed by atoms with Crippen LogP contribution in [0.1, 0.15) is 120 Å². The lowest BCUT2D eigenvalue weighted by Gasteiger charge is -2.50. The molecule has 1 rings (SSSR count). The fourth-order valence-electron chi connectivity index (χ4n) is 5.47. The summed E-state index contributed by atoms with van der Waals surface area (Å²) in [4.78, 5) is 0. The molecule has 0 spiro atoms. The van der Waals surface area contributed by atoms with E-state index in [0.717, 1.165) is 24.2 Å². The molecule has 0 saturated heterocycles. The molecule has 1 heteroatoms. The van der Waals surface area contributed by atoms with Gasteiger partial charge in [-0.1, -0.05) is 62.1 Å². The van der Waals surface area contributed by atoms with E-state index in [1.165, 1.54) is 68.9 Å². The third kappa shape index (κ3) is 9.54. The Balaban J connectivity index is 2.54. The van der Waals surface area contributed by atoms with Crippen LogP contribution in [-0.2, 0) is 0 Å². The minimum absolute atomic E-state index is 0.174. The molecule has 0 amide bonds. The number of aliphatic hydroxyl groups excluding tert-OH is 1. The van der Waals surface area contributed by atoms with Gasteiger partial charge >= 0.3 is 0 Å². The van der Waals surface area contributed by atoms with Crippen molar-refractivity contribution < 1.29 is 5.11 Å². The Morgan fingerprint density at radius 3 is 2.07 bits per heavy atom. The van der Waals surface area contributed by atoms with Gasteiger partial charge in [-0.15, -0.1) is 0 Å². The molecular weight excluding hydrogens is 364 g/mol. The van der Waals surface area contributed by atoms with Crippen LogP contribution in [0.5, 0.6) is 0 Å². The van der Waals surface area contributed by atoms with E-state index in [9.17, 15) is 5.11 Å². The van der Waals surface area contributed by atoms with Gasteiger partial charge in [0, 0.05) is 0 Å². The van der Waals surface area contributed by atoms with Crippen LogP contribution in [0.2, 0.25) is 0 Å². The molecule has 0 aromatic rings. The predicted molar refractivity (Wildman–Crippen MR) is 135 cm³/mol. The first-order valence-electron chi connectivity index (χ1n) is 12.7. The van der Waals surface area contributed by atoms with Crippen molar-refractivity contribution in [3.63, 3.8) is 0 Å². The lowest BCUT2D eigenvalue weighted by atomic mass is 9.55. The van der Waals surface area contributed by atoms with Crippen molar-refractivity contribution in [2.24, 2.45) is 23.2 Å². The van der Waals surface area contributed by atoms with Crippen molar-refractivity contribution >= 4 is 0 Å². The first kappa shape index (κ1) is 27.2. The van der Waals surface area contributed by atoms with E-state index in [4.69, 9.17) is 0 Å². The highest BCUT2D eigenvalue weighted by molar-refractivity contribution is 5.06. The summed E-state index contributed by atoms with van der Waals surface area (Å²) in [5.74, 6) is 2.35. The molecule has 1 aliphatic rings. The average molecular weight is 417 g/mol. The Morgan fingerprint density at radius 2 is 1.50 bits per heavy atom. The molecule has 0 aromatic carbocycles. The molecule has 5 unspecified atom stereocenters. The summed E-state index contributed by atoms with van der Waals surface area (Å²) < 4.78 is 0. The van der Waals surface area contributed by atoms with Crippen LogP contribution >= 0.6 is 0 Å². The van der Waals surface area contributed by atoms with Gasteiger partial charge in [0.05, 0.1) is 6.10 Å². The van der Waals surface area contributed by atoms with Gasteiger partial charge in [0.2, 0.25) is 0 Å². The quantitative estimate of drug-likeness (QED) is 0.314. The Kier molecular flexibility index (Phi) is 12.3. The smallest absolute Gasteiger partial charge is 0.0512 e. The van der Waals surface area contributed by atoms with Crippen molar-refractivity contribution in [1.82, 2.24) is 0 Å². The van der Waals surface area contributed by atoms with Crippen LogP contribution in [0.3, 0.4) is 0 Å². The van der Waals surface area contributed by atoms with Gasteiger partial charge in [0.15, 0.2) is 0 Å². The molecule has 0 bridgehead atoms. The SMILES string of the molecule is CC(C)=CCC/C(C)=C/CC/C(C)=C/CCC1C(C)CCC(C)C1(C)CCC(C)O. The number of hydrogen-bond donors (Lipinski definition) is 1. The monoisotopic (exact) mass is 416 g/mol. The molecule has 0 radical (unpaired) electrons. The molecule has 0 heterocycles. The zero-order valence-corrected chi connectivity index (χ0v) is 21.6. The van der Waals surface area contributed by atoms with Gasteiger partial charge in [-0.3, -0.25) is 0 Å². The minimum atomic E-state index is -0.174. The maximum absolute atomic E-state index is 9.86. The topological polar surface area (TPSA) is 20.2 Å². The Bertz CT molecular complexity index is 575. The van der Waals surface area contributed by atoms with E-state index in [-0.39, 0.29) is 6.10 Å². The summed E-state index contributed by atoms with van der Waals surface area (Å²) in [6.07, 6.45) is 19.2. The second kappa shape index (κ2) is 13.6. The van der Waals surface area contributed by atoms with Gasteiger partial charge in [-0.05, 0) is 116 Å². The lowest BCUT2D eigenvalue weighted by Crippen LogP contribution is -2.42. The van der Waals surface area contributed by atoms with E-state index in [0.29, 0.717) is 5.41 Å². The van der Waals surface area contributed by atoms with E-state index >= 15 is 0 Å². The Morgan fingerprint density at radius 1 is 0.933 bits per heavy atom. The standard InChI is InChI=1S/C29H52O/c1-22(2)12-9-13-23(3)14-10-15-24(4)16-11-17-28-25(5)18-19-26(6)29(28,8)21-20-27(7)30/h12,14,16,25-28,30H,9-11,13,15,17-21H2,1-8H3/b23-14+,24-16+. The van der Waals surface area contributed by atoms with Crippen LogP contribution in [0, 0.1) is 23.2 Å². The van der Waals surface area contributed by atoms with Crippen LogP contribution in [0.15, 0.2) is 34.9 Å². The summed E-state index contributed by atoms with van der Waals surface area (Å²) in [5.41, 5.74) is 4.87. The third-order valence-corrected chi connectivity index (χ3v) is 7.91. The molecule has 1 nitrogen and oxygen atoms in total. The van der Waals surface area contributed by atoms with E-state index < -0.39 is 0 Å². The van der Waals surface area contributed by atoms with E-state index in [1.807, 2.05) is 6.92 Å². The summed E-state index contributed by atoms with van der Waals surface area (Å²) in [7, 11) is 0. The number of rotatable bonds is 12. The fourth-order valence-corrected chi connectivity index (χ4v) is 5.47. The van der Waals surface area contributed by atoms with Crippen LogP contribution in [-0.4, -0.2) is 11.2 Å². The normalized spacial score (nSPS) is 29.0. The van der Waals surface area contributed by atoms with Gasteiger partial charge in [0.25, 0.3) is 0 Å². The first-order valence-corrected chi connectivity index (χ1v) is 12.7. The van der Waals surface area contributed by atoms with Crippen molar-refractivity contribution in [2.45, 2.75) is 126 Å². The summed E-state index contributed by atoms with van der Waals surface area (Å²) in [6, 6.07) is 0. The maximum Gasteiger partial charge on any atom is 0.0512 e. The van der Waals surface area contributed by atoms with E-state index in [1.54, 1.807) is 5.57 Å². The summed E-state index contributed by atoms with van der Waals surface area (Å²) in [5, 5.41) is 9.86. The zero-order chi connectivity index (χ0) is 22.7. The predicted octanol–water partition coefficient (Wildman–Crippen LogP) is 9.04. The Hall–Kier alpha value is -0.820. The Labute approximate surface area is 189 Å². The molecule has 1 fully saturated rings. The van der Waals surface area contributed by atoms with Crippen LogP contribution < -0.4 is 0 Å². The van der Waals surface area contributed by atoms with Crippen molar-refractivity contribution in [2.75, 3.05) is 0 Å². The molecule has 1 aliphatic carbocycles. The molecular formula is C29H52O. The van der Waals surface area contributed by atoms with Crippen molar-refractivity contribution in [3.05, 3.63) is 34.9 Å². The second-order valence-electron chi connectivity index (χ2n) is 11.0. The van der Waals surface area contributed by atoms with Gasteiger partial charge < -0.3 is 5.11 Å². The zero-order valence-electron chi connectivity index (χ0n) is 21.6. The maximum atomic E-state index is 9.86. The average Bonchev–Trinajstić information content (AvgIpc) is 2.66. The summed E-state index contributed by atoms with van der Waals surface area (Å²) in [6.45, 7) is 18.3. The number of hydrogen-bond acceptors (Lipinski definition) is 1. The first-order chi connectivity index (χ1) is 14.1. The highest BCUT2D eigenvalue weighted by Gasteiger charge is 2.44. The minimum Gasteiger partial charge on any atom is -0.393 e. The number of allylic oxidation sites excluding steroid dienone is 6. The lowest BCUT2D eigenvalue weighted by molar-refractivity contribution is -0.0110.